The van der Waals surface area contributed by atoms with Crippen molar-refractivity contribution in [2.75, 3.05) is 47.9 Å². The Bertz CT molecular complexity index is 887. The first kappa shape index (κ1) is 25.5. The van der Waals surface area contributed by atoms with Gasteiger partial charge in [0.2, 0.25) is 11.8 Å². The molecule has 8 nitrogen and oxygen atoms in total. The standard InChI is InChI=1S/C24H33N5O3.HI/c1-25-24(27-14-19(28(2)3)15-7-9-18(32-4)10-8-15)26-11-12-29-22(30)20-16-5-6-17(13-16)21(20)23(29)31;/h5-10,16-17,19-21H,11-14H2,1-4H3,(H2,25,26,27);1H. The van der Waals surface area contributed by atoms with Crippen LogP contribution in [0.3, 0.4) is 0 Å². The Labute approximate surface area is 212 Å². The van der Waals surface area contributed by atoms with Crippen molar-refractivity contribution in [3.8, 4) is 5.75 Å². The molecule has 1 saturated carbocycles. The van der Waals surface area contributed by atoms with E-state index in [2.05, 4.69) is 44.8 Å². The summed E-state index contributed by atoms with van der Waals surface area (Å²) >= 11 is 0. The van der Waals surface area contributed by atoms with Gasteiger partial charge in [-0.3, -0.25) is 19.5 Å². The average Bonchev–Trinajstić information content (AvgIpc) is 3.48. The van der Waals surface area contributed by atoms with Crippen LogP contribution in [0.4, 0.5) is 0 Å². The van der Waals surface area contributed by atoms with Gasteiger partial charge in [0.1, 0.15) is 5.75 Å². The van der Waals surface area contributed by atoms with E-state index in [1.807, 2.05) is 26.2 Å². The smallest absolute Gasteiger partial charge is 0.233 e. The number of fused-ring (bicyclic) bond motifs is 5. The number of hydrogen-bond donors (Lipinski definition) is 2. The van der Waals surface area contributed by atoms with Gasteiger partial charge in [-0.15, -0.1) is 24.0 Å². The number of rotatable bonds is 8. The molecule has 33 heavy (non-hydrogen) atoms. The lowest BCUT2D eigenvalue weighted by atomic mass is 9.85. The first-order chi connectivity index (χ1) is 15.4. The fourth-order valence-corrected chi connectivity index (χ4v) is 5.31. The molecule has 5 atom stereocenters. The highest BCUT2D eigenvalue weighted by Gasteiger charge is 2.58. The lowest BCUT2D eigenvalue weighted by molar-refractivity contribution is -0.140. The quantitative estimate of drug-likeness (QED) is 0.164. The van der Waals surface area contributed by atoms with Gasteiger partial charge in [-0.1, -0.05) is 24.3 Å². The van der Waals surface area contributed by atoms with Crippen LogP contribution in [0, 0.1) is 23.7 Å². The molecule has 2 bridgehead atoms. The van der Waals surface area contributed by atoms with Gasteiger partial charge in [-0.2, -0.15) is 0 Å². The normalized spacial score (nSPS) is 26.5. The fourth-order valence-electron chi connectivity index (χ4n) is 5.31. The van der Waals surface area contributed by atoms with E-state index in [0.29, 0.717) is 25.6 Å². The van der Waals surface area contributed by atoms with Gasteiger partial charge in [0, 0.05) is 26.7 Å². The zero-order valence-electron chi connectivity index (χ0n) is 19.7. The highest BCUT2D eigenvalue weighted by Crippen LogP contribution is 2.52. The molecule has 5 unspecified atom stereocenters. The van der Waals surface area contributed by atoms with E-state index >= 15 is 0 Å². The van der Waals surface area contributed by atoms with Crippen molar-refractivity contribution in [2.24, 2.45) is 28.7 Å². The van der Waals surface area contributed by atoms with Crippen molar-refractivity contribution in [1.82, 2.24) is 20.4 Å². The number of imide groups is 1. The summed E-state index contributed by atoms with van der Waals surface area (Å²) in [5.74, 6) is 1.68. The molecule has 2 aliphatic carbocycles. The summed E-state index contributed by atoms with van der Waals surface area (Å²) < 4.78 is 5.25. The van der Waals surface area contributed by atoms with E-state index < -0.39 is 0 Å². The molecule has 1 aromatic rings. The number of nitrogens with one attached hydrogen (secondary N) is 2. The summed E-state index contributed by atoms with van der Waals surface area (Å²) in [5.41, 5.74) is 1.17. The van der Waals surface area contributed by atoms with E-state index in [-0.39, 0.29) is 65.5 Å². The molecule has 2 amide bonds. The third-order valence-corrected chi connectivity index (χ3v) is 7.00. The number of hydrogen-bond acceptors (Lipinski definition) is 5. The van der Waals surface area contributed by atoms with Crippen LogP contribution < -0.4 is 15.4 Å². The number of guanidine groups is 1. The van der Waals surface area contributed by atoms with Crippen LogP contribution in [0.15, 0.2) is 41.4 Å². The maximum absolute atomic E-state index is 12.8. The molecule has 0 aromatic heterocycles. The van der Waals surface area contributed by atoms with E-state index in [4.69, 9.17) is 4.74 Å². The molecule has 0 spiro atoms. The number of likely N-dealkylation sites (N-methyl/N-ethyl adjacent to an activating group) is 1. The van der Waals surface area contributed by atoms with Gasteiger partial charge in [-0.25, -0.2) is 0 Å². The van der Waals surface area contributed by atoms with Crippen LogP contribution in [0.2, 0.25) is 0 Å². The minimum Gasteiger partial charge on any atom is -0.497 e. The number of halogens is 1. The van der Waals surface area contributed by atoms with Crippen molar-refractivity contribution in [3.05, 3.63) is 42.0 Å². The fraction of sp³-hybridized carbons (Fsp3) is 0.542. The summed E-state index contributed by atoms with van der Waals surface area (Å²) in [6.07, 6.45) is 5.19. The summed E-state index contributed by atoms with van der Waals surface area (Å²) in [6, 6.07) is 8.18. The lowest BCUT2D eigenvalue weighted by Gasteiger charge is -2.26. The highest BCUT2D eigenvalue weighted by molar-refractivity contribution is 14.0. The van der Waals surface area contributed by atoms with E-state index in [1.54, 1.807) is 14.2 Å². The van der Waals surface area contributed by atoms with Crippen molar-refractivity contribution in [3.63, 3.8) is 0 Å². The van der Waals surface area contributed by atoms with Gasteiger partial charge in [0.05, 0.1) is 25.0 Å². The summed E-state index contributed by atoms with van der Waals surface area (Å²) in [6.45, 7) is 1.48. The molecule has 1 saturated heterocycles. The van der Waals surface area contributed by atoms with Crippen molar-refractivity contribution in [2.45, 2.75) is 12.5 Å². The third-order valence-electron chi connectivity index (χ3n) is 7.00. The maximum Gasteiger partial charge on any atom is 0.233 e. The minimum absolute atomic E-state index is 0. The van der Waals surface area contributed by atoms with Gasteiger partial charge in [-0.05, 0) is 50.0 Å². The summed E-state index contributed by atoms with van der Waals surface area (Å²) in [4.78, 5) is 33.5. The molecule has 9 heteroatoms. The van der Waals surface area contributed by atoms with Crippen molar-refractivity contribution >= 4 is 41.8 Å². The van der Waals surface area contributed by atoms with Gasteiger partial charge < -0.3 is 20.3 Å². The molecule has 0 radical (unpaired) electrons. The Morgan fingerprint density at radius 3 is 2.24 bits per heavy atom. The molecule has 3 aliphatic rings. The molecule has 2 fully saturated rings. The predicted molar refractivity (Wildman–Crippen MR) is 139 cm³/mol. The number of aliphatic imine (C=N–C) groups is 1. The van der Waals surface area contributed by atoms with E-state index in [9.17, 15) is 9.59 Å². The zero-order valence-corrected chi connectivity index (χ0v) is 22.0. The molecule has 1 aromatic carbocycles. The SMILES string of the molecule is CN=C(NCCN1C(=O)C2C3C=CC(C3)C2C1=O)NCC(c1ccc(OC)cc1)N(C)C.I. The van der Waals surface area contributed by atoms with Crippen molar-refractivity contribution in [1.29, 1.82) is 0 Å². The number of ether oxygens (including phenoxy) is 1. The number of carbonyl (C=O) groups is 2. The molecular formula is C24H34IN5O3. The first-order valence-electron chi connectivity index (χ1n) is 11.2. The molecule has 1 aliphatic heterocycles. The number of nitrogens with zero attached hydrogens (tertiary/aromatic N) is 3. The van der Waals surface area contributed by atoms with E-state index in [0.717, 1.165) is 12.2 Å². The van der Waals surface area contributed by atoms with Crippen LogP contribution >= 0.6 is 24.0 Å². The number of carbonyl (C=O) groups excluding carboxylic acids is 2. The highest BCUT2D eigenvalue weighted by atomic mass is 127. The second-order valence-corrected chi connectivity index (χ2v) is 8.96. The van der Waals surface area contributed by atoms with Crippen molar-refractivity contribution < 1.29 is 14.3 Å². The second kappa shape index (κ2) is 10.9. The molecular weight excluding hydrogens is 533 g/mol. The third kappa shape index (κ3) is 5.03. The summed E-state index contributed by atoms with van der Waals surface area (Å²) in [5, 5.41) is 6.60. The second-order valence-electron chi connectivity index (χ2n) is 8.96. The van der Waals surface area contributed by atoms with Crippen LogP contribution in [-0.2, 0) is 9.59 Å². The largest absolute Gasteiger partial charge is 0.497 e. The minimum atomic E-state index is -0.139. The van der Waals surface area contributed by atoms with Gasteiger partial charge in [0.25, 0.3) is 0 Å². The Kier molecular flexibility index (Phi) is 8.38. The maximum atomic E-state index is 12.8. The van der Waals surface area contributed by atoms with Crippen LogP contribution in [-0.4, -0.2) is 75.5 Å². The number of amides is 2. The van der Waals surface area contributed by atoms with Crippen LogP contribution in [0.1, 0.15) is 18.0 Å². The number of methoxy groups -OCH3 is 1. The monoisotopic (exact) mass is 567 g/mol. The molecule has 2 N–H and O–H groups in total. The lowest BCUT2D eigenvalue weighted by Crippen LogP contribution is -2.45. The molecule has 180 valence electrons. The topological polar surface area (TPSA) is 86.3 Å². The Balaban J connectivity index is 0.00000306. The van der Waals surface area contributed by atoms with Crippen LogP contribution in [0.25, 0.3) is 0 Å². The van der Waals surface area contributed by atoms with Crippen LogP contribution in [0.5, 0.6) is 5.75 Å². The number of allylic oxidation sites excluding steroid dienone is 2. The number of benzene rings is 1. The predicted octanol–water partition coefficient (Wildman–Crippen LogP) is 1.89. The zero-order chi connectivity index (χ0) is 22.8. The Hall–Kier alpha value is -2.14. The Morgan fingerprint density at radius 2 is 1.73 bits per heavy atom. The van der Waals surface area contributed by atoms with Gasteiger partial charge >= 0.3 is 0 Å². The number of likely N-dealkylation sites (tertiary alicyclic amines) is 1. The first-order valence-corrected chi connectivity index (χ1v) is 11.2. The molecule has 4 rings (SSSR count). The summed E-state index contributed by atoms with van der Waals surface area (Å²) in [7, 11) is 7.45. The average molecular weight is 567 g/mol. The van der Waals surface area contributed by atoms with Gasteiger partial charge in [0.15, 0.2) is 5.96 Å². The Morgan fingerprint density at radius 1 is 1.12 bits per heavy atom. The van der Waals surface area contributed by atoms with E-state index in [1.165, 1.54) is 10.5 Å². The molecule has 1 heterocycles.